The van der Waals surface area contributed by atoms with E-state index in [1.165, 1.54) is 22.3 Å². The number of rotatable bonds is 7. The lowest BCUT2D eigenvalue weighted by Crippen LogP contribution is -2.52. The van der Waals surface area contributed by atoms with Gasteiger partial charge in [-0.1, -0.05) is 36.4 Å². The van der Waals surface area contributed by atoms with Crippen LogP contribution in [0, 0.1) is 41.5 Å². The zero-order chi connectivity index (χ0) is 49.4. The summed E-state index contributed by atoms with van der Waals surface area (Å²) in [6.07, 6.45) is -32.7. The molecule has 1 amide bonds. The van der Waals surface area contributed by atoms with Crippen LogP contribution < -0.4 is 5.32 Å². The Morgan fingerprint density at radius 3 is 1.24 bits per heavy atom. The fourth-order valence-corrected chi connectivity index (χ4v) is 7.23. The van der Waals surface area contributed by atoms with Crippen LogP contribution in [-0.4, -0.2) is 125 Å². The zero-order valence-corrected chi connectivity index (χ0v) is 37.0. The molecular weight excluding hydrogens is 901 g/mol. The van der Waals surface area contributed by atoms with E-state index in [0.29, 0.717) is 19.6 Å². The second-order valence-electron chi connectivity index (χ2n) is 16.2. The number of piperazine rings is 2. The predicted molar refractivity (Wildman–Crippen MR) is 223 cm³/mol. The molecule has 4 aromatic rings. The standard InChI is InChI=1S/C23H25F6N3O2.C19H25N3.C3H2F6O/c1-14-10-17(19-11-15(2)30-16(3)12-19)4-5-18(14)13-31-6-8-32(9-7-31)21(33)34-20(22(24,25)26)23(27,28)29;1-14-10-17(19-11-15(2)21-16(3)12-19)4-5-18(14)13-22-8-6-20-7-9-22;4-2(5,6)1(10)3(7,8)9/h4-5,10-12,20H,6-9,13H2,1-3H3;4-5,10-12,20H,6-9,13H2,1-3H3;1,10H. The molecule has 2 aliphatic heterocycles. The van der Waals surface area contributed by atoms with Crippen LogP contribution in [0.3, 0.4) is 0 Å². The first-order chi connectivity index (χ1) is 30.5. The summed E-state index contributed by atoms with van der Waals surface area (Å²) in [5.74, 6) is 0. The number of alkyl halides is 12. The van der Waals surface area contributed by atoms with Gasteiger partial charge in [0.15, 0.2) is 0 Å². The maximum absolute atomic E-state index is 12.6. The summed E-state index contributed by atoms with van der Waals surface area (Å²) in [6, 6.07) is 21.2. The minimum absolute atomic E-state index is 0.0338. The van der Waals surface area contributed by atoms with E-state index < -0.39 is 43.0 Å². The molecule has 2 aromatic carbocycles. The molecule has 0 radical (unpaired) electrons. The maximum Gasteiger partial charge on any atom is 0.434 e. The first-order valence-corrected chi connectivity index (χ1v) is 20.7. The number of pyridine rings is 2. The number of nitrogens with one attached hydrogen (secondary N) is 1. The van der Waals surface area contributed by atoms with Crippen molar-refractivity contribution < 1.29 is 67.3 Å². The van der Waals surface area contributed by atoms with Gasteiger partial charge in [0, 0.05) is 88.2 Å². The second-order valence-corrected chi connectivity index (χ2v) is 16.2. The Morgan fingerprint density at radius 2 is 0.924 bits per heavy atom. The third-order valence-electron chi connectivity index (χ3n) is 10.6. The van der Waals surface area contributed by atoms with E-state index in [1.54, 1.807) is 0 Å². The van der Waals surface area contributed by atoms with E-state index in [4.69, 9.17) is 5.11 Å². The molecule has 2 aromatic heterocycles. The first-order valence-electron chi connectivity index (χ1n) is 20.7. The molecule has 0 bridgehead atoms. The Labute approximate surface area is 374 Å². The molecule has 21 heteroatoms. The summed E-state index contributed by atoms with van der Waals surface area (Å²) in [7, 11) is 0. The summed E-state index contributed by atoms with van der Waals surface area (Å²) in [5.41, 5.74) is 13.6. The highest BCUT2D eigenvalue weighted by molar-refractivity contribution is 5.68. The molecule has 0 saturated carbocycles. The Balaban J connectivity index is 0.000000253. The number of aryl methyl sites for hydroxylation is 6. The normalized spacial score (nSPS) is 15.6. The molecule has 0 spiro atoms. The van der Waals surface area contributed by atoms with Crippen LogP contribution in [0.15, 0.2) is 60.7 Å². The third-order valence-corrected chi connectivity index (χ3v) is 10.6. The third kappa shape index (κ3) is 16.1. The molecule has 9 nitrogen and oxygen atoms in total. The van der Waals surface area contributed by atoms with Crippen molar-refractivity contribution in [3.8, 4) is 22.3 Å². The van der Waals surface area contributed by atoms with Gasteiger partial charge in [-0.15, -0.1) is 0 Å². The average Bonchev–Trinajstić information content (AvgIpc) is 3.20. The summed E-state index contributed by atoms with van der Waals surface area (Å²) in [6.45, 7) is 18.8. The van der Waals surface area contributed by atoms with Crippen LogP contribution in [0.5, 0.6) is 0 Å². The average molecular weight is 953 g/mol. The first kappa shape index (κ1) is 53.6. The van der Waals surface area contributed by atoms with Crippen LogP contribution in [0.4, 0.5) is 57.5 Å². The second kappa shape index (κ2) is 22.2. The van der Waals surface area contributed by atoms with Crippen molar-refractivity contribution in [2.75, 3.05) is 52.4 Å². The molecule has 6 rings (SSSR count). The summed E-state index contributed by atoms with van der Waals surface area (Å²) >= 11 is 0. The van der Waals surface area contributed by atoms with Crippen molar-refractivity contribution in [3.63, 3.8) is 0 Å². The number of carbonyl (C=O) groups is 1. The summed E-state index contributed by atoms with van der Waals surface area (Å²) in [5, 5.41) is 10.9. The van der Waals surface area contributed by atoms with Crippen molar-refractivity contribution in [2.45, 2.75) is 91.5 Å². The number of aromatic nitrogens is 2. The summed E-state index contributed by atoms with van der Waals surface area (Å²) in [4.78, 5) is 26.1. The fraction of sp³-hybridized carbons (Fsp3) is 0.489. The van der Waals surface area contributed by atoms with Gasteiger partial charge in [-0.05, 0) is 110 Å². The van der Waals surface area contributed by atoms with E-state index in [9.17, 15) is 57.5 Å². The number of hydrogen-bond donors (Lipinski definition) is 2. The number of nitrogens with zero attached hydrogens (tertiary/aromatic N) is 5. The highest BCUT2D eigenvalue weighted by Gasteiger charge is 2.60. The monoisotopic (exact) mass is 952 g/mol. The lowest BCUT2D eigenvalue weighted by atomic mass is 9.99. The van der Waals surface area contributed by atoms with Gasteiger partial charge in [0.2, 0.25) is 6.10 Å². The SMILES string of the molecule is Cc1cc(-c2ccc(CN3CCN(C(=O)OC(C(F)(F)F)C(F)(F)F)CC3)c(C)c2)cc(C)n1.Cc1cc(-c2ccc(CN3CCNCC3)c(C)c2)cc(C)n1.OC(C(F)(F)F)C(F)(F)F. The number of hydrogen-bond acceptors (Lipinski definition) is 8. The highest BCUT2D eigenvalue weighted by Crippen LogP contribution is 2.36. The molecule has 2 N–H and O–H groups in total. The van der Waals surface area contributed by atoms with Crippen LogP contribution in [-0.2, 0) is 17.8 Å². The lowest BCUT2D eigenvalue weighted by Gasteiger charge is -2.35. The molecule has 0 atom stereocenters. The molecule has 4 heterocycles. The molecule has 2 aliphatic rings. The van der Waals surface area contributed by atoms with Crippen LogP contribution in [0.1, 0.15) is 45.0 Å². The van der Waals surface area contributed by atoms with E-state index >= 15 is 0 Å². The minimum Gasteiger partial charge on any atom is -0.426 e. The van der Waals surface area contributed by atoms with Gasteiger partial charge in [-0.3, -0.25) is 19.8 Å². The minimum atomic E-state index is -5.73. The van der Waals surface area contributed by atoms with Gasteiger partial charge in [0.05, 0.1) is 0 Å². The van der Waals surface area contributed by atoms with Gasteiger partial charge < -0.3 is 20.1 Å². The molecular formula is C45H52F12N6O3. The maximum atomic E-state index is 12.6. The largest absolute Gasteiger partial charge is 0.434 e. The van der Waals surface area contributed by atoms with Gasteiger partial charge in [0.25, 0.3) is 6.10 Å². The predicted octanol–water partition coefficient (Wildman–Crippen LogP) is 9.97. The van der Waals surface area contributed by atoms with E-state index in [1.807, 2.05) is 49.9 Å². The fourth-order valence-electron chi connectivity index (χ4n) is 7.23. The van der Waals surface area contributed by atoms with Crippen molar-refractivity contribution in [1.29, 1.82) is 0 Å². The Hall–Kier alpha value is -4.99. The summed E-state index contributed by atoms with van der Waals surface area (Å²) < 4.78 is 145. The van der Waals surface area contributed by atoms with Crippen LogP contribution in [0.25, 0.3) is 22.3 Å². The molecule has 0 aliphatic carbocycles. The van der Waals surface area contributed by atoms with Crippen LogP contribution in [0.2, 0.25) is 0 Å². The number of aliphatic hydroxyl groups is 1. The van der Waals surface area contributed by atoms with Gasteiger partial charge in [0.1, 0.15) is 0 Å². The number of aliphatic hydroxyl groups excluding tert-OH is 1. The topological polar surface area (TPSA) is 94.1 Å². The molecule has 364 valence electrons. The van der Waals surface area contributed by atoms with Gasteiger partial charge >= 0.3 is 30.8 Å². The lowest BCUT2D eigenvalue weighted by molar-refractivity contribution is -0.309. The number of amides is 1. The smallest absolute Gasteiger partial charge is 0.426 e. The molecule has 66 heavy (non-hydrogen) atoms. The quantitative estimate of drug-likeness (QED) is 0.177. The Morgan fingerprint density at radius 1 is 0.561 bits per heavy atom. The van der Waals surface area contributed by atoms with E-state index in [2.05, 4.69) is 82.1 Å². The highest BCUT2D eigenvalue weighted by atomic mass is 19.4. The van der Waals surface area contributed by atoms with Crippen molar-refractivity contribution >= 4 is 6.09 Å². The molecule has 0 unspecified atom stereocenters. The Bertz CT molecular complexity index is 2170. The number of carbonyl (C=O) groups excluding carboxylic acids is 1. The van der Waals surface area contributed by atoms with Crippen molar-refractivity contribution in [2.24, 2.45) is 0 Å². The van der Waals surface area contributed by atoms with Gasteiger partial charge in [-0.2, -0.15) is 52.7 Å². The van der Waals surface area contributed by atoms with E-state index in [-0.39, 0.29) is 13.1 Å². The van der Waals surface area contributed by atoms with Gasteiger partial charge in [-0.25, -0.2) is 4.79 Å². The number of ether oxygens (including phenoxy) is 1. The number of benzene rings is 2. The zero-order valence-electron chi connectivity index (χ0n) is 37.0. The molecule has 2 fully saturated rings. The van der Waals surface area contributed by atoms with Crippen molar-refractivity contribution in [3.05, 3.63) is 106 Å². The number of halogens is 12. The Kier molecular flexibility index (Phi) is 18.0. The van der Waals surface area contributed by atoms with Crippen molar-refractivity contribution in [1.82, 2.24) is 30.0 Å². The van der Waals surface area contributed by atoms with E-state index in [0.717, 1.165) is 82.7 Å². The molecule has 2 saturated heterocycles. The van der Waals surface area contributed by atoms with Crippen LogP contribution >= 0.6 is 0 Å².